The number of alkyl halides is 3. The average molecular weight is 234 g/mol. The normalized spacial score (nSPS) is 13.6. The molecular formula is C10H13F3N2O. The summed E-state index contributed by atoms with van der Waals surface area (Å²) in [5, 5.41) is 0. The summed E-state index contributed by atoms with van der Waals surface area (Å²) in [6.45, 7) is 3.20. The number of likely N-dealkylation sites (N-methyl/N-ethyl adjacent to an activating group) is 1. The van der Waals surface area contributed by atoms with Gasteiger partial charge in [-0.15, -0.1) is 0 Å². The number of nitrogens with zero attached hydrogens (tertiary/aromatic N) is 1. The van der Waals surface area contributed by atoms with Crippen molar-refractivity contribution in [2.75, 3.05) is 14.1 Å². The van der Waals surface area contributed by atoms with Crippen LogP contribution in [0.15, 0.2) is 36.2 Å². The maximum atomic E-state index is 12.2. The van der Waals surface area contributed by atoms with Crippen molar-refractivity contribution in [1.82, 2.24) is 4.90 Å². The van der Waals surface area contributed by atoms with Crippen LogP contribution >= 0.6 is 0 Å². The Kier molecular flexibility index (Phi) is 4.81. The molecule has 0 aromatic rings. The topological polar surface area (TPSA) is 46.3 Å². The molecule has 0 aromatic heterocycles. The number of nitrogens with two attached hydrogens (primary N) is 1. The van der Waals surface area contributed by atoms with Crippen LogP contribution in [0.4, 0.5) is 13.2 Å². The van der Waals surface area contributed by atoms with Gasteiger partial charge < -0.3 is 10.6 Å². The lowest BCUT2D eigenvalue weighted by Gasteiger charge is -2.17. The van der Waals surface area contributed by atoms with E-state index in [0.29, 0.717) is 0 Å². The molecule has 0 unspecified atom stereocenters. The molecule has 0 aliphatic heterocycles. The standard InChI is InChI=1S/C10H13F3N2O/c1-4-7(9(16)10(11,12)13)8(5-6-14)15(2)3/h4-6H,1,14H2,2-3H3/b6-5-,8-7-. The van der Waals surface area contributed by atoms with Crippen molar-refractivity contribution >= 4 is 5.78 Å². The first-order valence-electron chi connectivity index (χ1n) is 4.29. The lowest BCUT2D eigenvalue weighted by molar-refractivity contribution is -0.166. The number of halogens is 3. The Morgan fingerprint density at radius 1 is 1.38 bits per heavy atom. The molecule has 0 bridgehead atoms. The van der Waals surface area contributed by atoms with E-state index in [-0.39, 0.29) is 5.70 Å². The van der Waals surface area contributed by atoms with Gasteiger partial charge in [-0.1, -0.05) is 12.7 Å². The number of ketones is 1. The molecule has 3 nitrogen and oxygen atoms in total. The van der Waals surface area contributed by atoms with Gasteiger partial charge in [-0.2, -0.15) is 13.2 Å². The van der Waals surface area contributed by atoms with Crippen molar-refractivity contribution in [3.63, 3.8) is 0 Å². The smallest absolute Gasteiger partial charge is 0.405 e. The number of carbonyl (C=O) groups is 1. The Balaban J connectivity index is 5.61. The van der Waals surface area contributed by atoms with E-state index in [4.69, 9.17) is 5.73 Å². The van der Waals surface area contributed by atoms with Crippen LogP contribution in [0.1, 0.15) is 0 Å². The summed E-state index contributed by atoms with van der Waals surface area (Å²) in [6.07, 6.45) is -1.79. The van der Waals surface area contributed by atoms with Crippen molar-refractivity contribution in [1.29, 1.82) is 0 Å². The molecule has 0 saturated carbocycles. The van der Waals surface area contributed by atoms with Crippen LogP contribution in [-0.2, 0) is 4.79 Å². The Labute approximate surface area is 91.7 Å². The van der Waals surface area contributed by atoms with E-state index in [2.05, 4.69) is 6.58 Å². The fourth-order valence-corrected chi connectivity index (χ4v) is 1.04. The summed E-state index contributed by atoms with van der Waals surface area (Å²) in [6, 6.07) is 0. The predicted octanol–water partition coefficient (Wildman–Crippen LogP) is 1.59. The van der Waals surface area contributed by atoms with Gasteiger partial charge in [0, 0.05) is 25.4 Å². The van der Waals surface area contributed by atoms with Gasteiger partial charge >= 0.3 is 6.18 Å². The molecule has 0 spiro atoms. The maximum absolute atomic E-state index is 12.2. The van der Waals surface area contributed by atoms with Gasteiger partial charge in [0.2, 0.25) is 0 Å². The van der Waals surface area contributed by atoms with Crippen LogP contribution in [0.5, 0.6) is 0 Å². The second-order valence-electron chi connectivity index (χ2n) is 3.08. The van der Waals surface area contributed by atoms with E-state index in [0.717, 1.165) is 12.3 Å². The number of hydrogen-bond acceptors (Lipinski definition) is 3. The highest BCUT2D eigenvalue weighted by atomic mass is 19.4. The van der Waals surface area contributed by atoms with Crippen molar-refractivity contribution in [2.45, 2.75) is 6.18 Å². The molecule has 2 N–H and O–H groups in total. The summed E-state index contributed by atoms with van der Waals surface area (Å²) in [4.78, 5) is 12.4. The predicted molar refractivity (Wildman–Crippen MR) is 55.3 cm³/mol. The third kappa shape index (κ3) is 3.45. The zero-order valence-corrected chi connectivity index (χ0v) is 9.01. The highest BCUT2D eigenvalue weighted by Crippen LogP contribution is 2.24. The van der Waals surface area contributed by atoms with Crippen LogP contribution in [0.25, 0.3) is 0 Å². The Bertz CT molecular complexity index is 340. The number of allylic oxidation sites excluding steroid dienone is 3. The molecule has 0 heterocycles. The van der Waals surface area contributed by atoms with Crippen molar-refractivity contribution < 1.29 is 18.0 Å². The molecule has 0 aromatic carbocycles. The monoisotopic (exact) mass is 234 g/mol. The highest BCUT2D eigenvalue weighted by molar-refractivity contribution is 6.02. The third-order valence-electron chi connectivity index (χ3n) is 1.72. The van der Waals surface area contributed by atoms with Crippen LogP contribution in [0.2, 0.25) is 0 Å². The van der Waals surface area contributed by atoms with Gasteiger partial charge in [-0.05, 0) is 12.3 Å². The van der Waals surface area contributed by atoms with Gasteiger partial charge in [0.25, 0.3) is 5.78 Å². The number of hydrogen-bond donors (Lipinski definition) is 1. The molecule has 16 heavy (non-hydrogen) atoms. The van der Waals surface area contributed by atoms with Gasteiger partial charge in [-0.25, -0.2) is 0 Å². The SMILES string of the molecule is C=C/C(C(=O)C(F)(F)F)=C(\C=C/N)N(C)C. The number of Topliss-reactive ketones (excluding diaryl/α,β-unsaturated/α-hetero) is 1. The van der Waals surface area contributed by atoms with Gasteiger partial charge in [-0.3, -0.25) is 4.79 Å². The molecule has 0 fully saturated rings. The fourth-order valence-electron chi connectivity index (χ4n) is 1.04. The first kappa shape index (κ1) is 14.3. The van der Waals surface area contributed by atoms with Crippen molar-refractivity contribution in [2.24, 2.45) is 5.73 Å². The van der Waals surface area contributed by atoms with Crippen molar-refractivity contribution in [3.8, 4) is 0 Å². The molecular weight excluding hydrogens is 221 g/mol. The summed E-state index contributed by atoms with van der Waals surface area (Å²) < 4.78 is 36.7. The van der Waals surface area contributed by atoms with Crippen molar-refractivity contribution in [3.05, 3.63) is 36.2 Å². The van der Waals surface area contributed by atoms with E-state index >= 15 is 0 Å². The minimum absolute atomic E-state index is 0.0554. The van der Waals surface area contributed by atoms with Crippen LogP contribution in [0.3, 0.4) is 0 Å². The number of rotatable bonds is 4. The minimum atomic E-state index is -4.92. The number of carbonyl (C=O) groups excluding carboxylic acids is 1. The van der Waals surface area contributed by atoms with E-state index in [1.807, 2.05) is 0 Å². The van der Waals surface area contributed by atoms with Crippen LogP contribution < -0.4 is 5.73 Å². The Hall–Kier alpha value is -1.72. The lowest BCUT2D eigenvalue weighted by atomic mass is 10.1. The molecule has 0 aliphatic carbocycles. The van der Waals surface area contributed by atoms with E-state index in [1.54, 1.807) is 0 Å². The van der Waals surface area contributed by atoms with Gasteiger partial charge in [0.1, 0.15) is 0 Å². The molecule has 90 valence electrons. The van der Waals surface area contributed by atoms with E-state index in [9.17, 15) is 18.0 Å². The van der Waals surface area contributed by atoms with Crippen LogP contribution in [0, 0.1) is 0 Å². The molecule has 6 heteroatoms. The van der Waals surface area contributed by atoms with Gasteiger partial charge in [0.15, 0.2) is 0 Å². The quantitative estimate of drug-likeness (QED) is 0.593. The summed E-state index contributed by atoms with van der Waals surface area (Å²) in [7, 11) is 3.00. The maximum Gasteiger partial charge on any atom is 0.454 e. The van der Waals surface area contributed by atoms with E-state index < -0.39 is 17.5 Å². The Morgan fingerprint density at radius 2 is 1.88 bits per heavy atom. The Morgan fingerprint density at radius 3 is 2.12 bits per heavy atom. The zero-order valence-electron chi connectivity index (χ0n) is 9.01. The lowest BCUT2D eigenvalue weighted by Crippen LogP contribution is -2.27. The second-order valence-corrected chi connectivity index (χ2v) is 3.08. The second kappa shape index (κ2) is 5.39. The van der Waals surface area contributed by atoms with Crippen LogP contribution in [-0.4, -0.2) is 31.0 Å². The summed E-state index contributed by atoms with van der Waals surface area (Å²) in [5.41, 5.74) is 4.63. The summed E-state index contributed by atoms with van der Waals surface area (Å²) >= 11 is 0. The first-order valence-corrected chi connectivity index (χ1v) is 4.29. The fraction of sp³-hybridized carbons (Fsp3) is 0.300. The largest absolute Gasteiger partial charge is 0.454 e. The first-order chi connectivity index (χ1) is 7.25. The molecule has 0 amide bonds. The van der Waals surface area contributed by atoms with Gasteiger partial charge in [0.05, 0.1) is 0 Å². The average Bonchev–Trinajstić information content (AvgIpc) is 2.15. The zero-order chi connectivity index (χ0) is 12.9. The minimum Gasteiger partial charge on any atom is -0.405 e. The molecule has 0 aliphatic rings. The highest BCUT2D eigenvalue weighted by Gasteiger charge is 2.40. The molecule has 0 saturated heterocycles. The van der Waals surface area contributed by atoms with E-state index in [1.165, 1.54) is 25.1 Å². The third-order valence-corrected chi connectivity index (χ3v) is 1.72. The molecule has 0 atom stereocenters. The summed E-state index contributed by atoms with van der Waals surface area (Å²) in [5.74, 6) is -1.94. The molecule has 0 rings (SSSR count). The molecule has 0 radical (unpaired) electrons.